The predicted octanol–water partition coefficient (Wildman–Crippen LogP) is 1.94. The van der Waals surface area contributed by atoms with Crippen molar-refractivity contribution in [3.63, 3.8) is 0 Å². The summed E-state index contributed by atoms with van der Waals surface area (Å²) in [6.45, 7) is 3.08. The van der Waals surface area contributed by atoms with Crippen LogP contribution in [-0.2, 0) is 4.74 Å². The Bertz CT molecular complexity index is 447. The van der Waals surface area contributed by atoms with Gasteiger partial charge in [0.1, 0.15) is 12.4 Å². The van der Waals surface area contributed by atoms with Gasteiger partial charge in [-0.05, 0) is 38.0 Å². The zero-order valence-corrected chi connectivity index (χ0v) is 10.7. The van der Waals surface area contributed by atoms with Gasteiger partial charge in [-0.25, -0.2) is 0 Å². The van der Waals surface area contributed by atoms with E-state index in [-0.39, 0.29) is 6.10 Å². The Labute approximate surface area is 108 Å². The molecule has 1 aliphatic heterocycles. The van der Waals surface area contributed by atoms with E-state index in [0.717, 1.165) is 24.2 Å². The van der Waals surface area contributed by atoms with Crippen molar-refractivity contribution in [2.45, 2.75) is 32.0 Å². The smallest absolute Gasteiger partial charge is 0.120 e. The molecule has 2 unspecified atom stereocenters. The maximum absolute atomic E-state index is 5.73. The fourth-order valence-corrected chi connectivity index (χ4v) is 2.01. The van der Waals surface area contributed by atoms with Crippen molar-refractivity contribution < 1.29 is 9.47 Å². The van der Waals surface area contributed by atoms with E-state index in [4.69, 9.17) is 15.2 Å². The van der Waals surface area contributed by atoms with E-state index in [1.165, 1.54) is 0 Å². The summed E-state index contributed by atoms with van der Waals surface area (Å²) in [4.78, 5) is 0. The number of nitrogens with two attached hydrogens (primary N) is 1. The predicted molar refractivity (Wildman–Crippen MR) is 71.4 cm³/mol. The van der Waals surface area contributed by atoms with Crippen molar-refractivity contribution >= 4 is 0 Å². The normalized spacial score (nSPS) is 22.3. The van der Waals surface area contributed by atoms with Crippen LogP contribution in [0.5, 0.6) is 5.75 Å². The van der Waals surface area contributed by atoms with Crippen LogP contribution in [0, 0.1) is 11.8 Å². The molecule has 2 atom stereocenters. The van der Waals surface area contributed by atoms with Crippen molar-refractivity contribution in [1.29, 1.82) is 0 Å². The molecule has 1 heterocycles. The van der Waals surface area contributed by atoms with E-state index in [1.54, 1.807) is 0 Å². The maximum Gasteiger partial charge on any atom is 0.120 e. The Morgan fingerprint density at radius 2 is 2.33 bits per heavy atom. The Hall–Kier alpha value is -1.50. The van der Waals surface area contributed by atoms with Gasteiger partial charge in [-0.15, -0.1) is 0 Å². The Balaban J connectivity index is 1.89. The minimum atomic E-state index is 0.221. The second kappa shape index (κ2) is 6.44. The summed E-state index contributed by atoms with van der Waals surface area (Å²) in [6.07, 6.45) is 2.78. The molecule has 0 amide bonds. The summed E-state index contributed by atoms with van der Waals surface area (Å²) >= 11 is 0. The van der Waals surface area contributed by atoms with Crippen molar-refractivity contribution in [2.24, 2.45) is 5.73 Å². The first-order valence-corrected chi connectivity index (χ1v) is 6.35. The van der Waals surface area contributed by atoms with Crippen LogP contribution in [0.3, 0.4) is 0 Å². The van der Waals surface area contributed by atoms with Crippen LogP contribution in [-0.4, -0.2) is 25.4 Å². The number of benzene rings is 1. The third-order valence-electron chi connectivity index (χ3n) is 2.92. The quantitative estimate of drug-likeness (QED) is 0.828. The van der Waals surface area contributed by atoms with Crippen molar-refractivity contribution in [1.82, 2.24) is 0 Å². The van der Waals surface area contributed by atoms with E-state index >= 15 is 0 Å². The molecule has 0 aromatic heterocycles. The van der Waals surface area contributed by atoms with E-state index in [0.29, 0.717) is 19.3 Å². The lowest BCUT2D eigenvalue weighted by molar-refractivity contribution is 0.0264. The van der Waals surface area contributed by atoms with Gasteiger partial charge in [-0.2, -0.15) is 0 Å². The molecule has 1 saturated heterocycles. The summed E-state index contributed by atoms with van der Waals surface area (Å²) in [5, 5.41) is 0. The van der Waals surface area contributed by atoms with Gasteiger partial charge < -0.3 is 15.2 Å². The Kier molecular flexibility index (Phi) is 4.63. The lowest BCUT2D eigenvalue weighted by Crippen LogP contribution is -2.17. The summed E-state index contributed by atoms with van der Waals surface area (Å²) < 4.78 is 11.4. The van der Waals surface area contributed by atoms with Gasteiger partial charge in [0.2, 0.25) is 0 Å². The van der Waals surface area contributed by atoms with Crippen molar-refractivity contribution in [3.05, 3.63) is 29.8 Å². The largest absolute Gasteiger partial charge is 0.491 e. The maximum atomic E-state index is 5.73. The van der Waals surface area contributed by atoms with Gasteiger partial charge in [0.05, 0.1) is 18.8 Å². The Morgan fingerprint density at radius 1 is 1.44 bits per heavy atom. The molecule has 0 bridgehead atoms. The molecular weight excluding hydrogens is 226 g/mol. The standard InChI is InChI=1S/C15H19NO2/c1-12-7-8-15(18-12)11-17-14-6-2-4-13(10-14)5-3-9-16/h2,4,6,10,12,15H,7-9,11,16H2,1H3. The number of hydrogen-bond acceptors (Lipinski definition) is 3. The number of ether oxygens (including phenoxy) is 2. The minimum Gasteiger partial charge on any atom is -0.491 e. The molecule has 2 N–H and O–H groups in total. The number of rotatable bonds is 3. The number of hydrogen-bond donors (Lipinski definition) is 1. The summed E-state index contributed by atoms with van der Waals surface area (Å²) in [5.74, 6) is 6.66. The second-order valence-corrected chi connectivity index (χ2v) is 4.49. The third kappa shape index (κ3) is 3.76. The highest BCUT2D eigenvalue weighted by Gasteiger charge is 2.22. The van der Waals surface area contributed by atoms with E-state index < -0.39 is 0 Å². The van der Waals surface area contributed by atoms with Crippen LogP contribution in [0.2, 0.25) is 0 Å². The average Bonchev–Trinajstić information content (AvgIpc) is 2.80. The first kappa shape index (κ1) is 12.9. The van der Waals surface area contributed by atoms with E-state index in [1.807, 2.05) is 24.3 Å². The first-order chi connectivity index (χ1) is 8.78. The van der Waals surface area contributed by atoms with Gasteiger partial charge in [0.15, 0.2) is 0 Å². The highest BCUT2D eigenvalue weighted by molar-refractivity contribution is 5.39. The molecule has 1 aliphatic rings. The molecule has 18 heavy (non-hydrogen) atoms. The van der Waals surface area contributed by atoms with Gasteiger partial charge in [0, 0.05) is 5.56 Å². The van der Waals surface area contributed by atoms with Gasteiger partial charge in [-0.3, -0.25) is 0 Å². The van der Waals surface area contributed by atoms with E-state index in [2.05, 4.69) is 18.8 Å². The molecular formula is C15H19NO2. The molecule has 0 radical (unpaired) electrons. The van der Waals surface area contributed by atoms with Crippen LogP contribution in [0.4, 0.5) is 0 Å². The molecule has 1 aromatic carbocycles. The zero-order valence-electron chi connectivity index (χ0n) is 10.7. The highest BCUT2D eigenvalue weighted by atomic mass is 16.5. The van der Waals surface area contributed by atoms with Crippen LogP contribution in [0.1, 0.15) is 25.3 Å². The lowest BCUT2D eigenvalue weighted by atomic mass is 10.2. The molecule has 0 saturated carbocycles. The molecule has 1 aromatic rings. The van der Waals surface area contributed by atoms with Crippen LogP contribution < -0.4 is 10.5 Å². The van der Waals surface area contributed by atoms with Crippen LogP contribution in [0.25, 0.3) is 0 Å². The molecule has 0 spiro atoms. The third-order valence-corrected chi connectivity index (χ3v) is 2.92. The molecule has 96 valence electrons. The lowest BCUT2D eigenvalue weighted by Gasteiger charge is -2.12. The minimum absolute atomic E-state index is 0.221. The fraction of sp³-hybridized carbons (Fsp3) is 0.467. The fourth-order valence-electron chi connectivity index (χ4n) is 2.01. The first-order valence-electron chi connectivity index (χ1n) is 6.35. The van der Waals surface area contributed by atoms with Crippen molar-refractivity contribution in [3.8, 4) is 17.6 Å². The zero-order chi connectivity index (χ0) is 12.8. The topological polar surface area (TPSA) is 44.5 Å². The van der Waals surface area contributed by atoms with Crippen molar-refractivity contribution in [2.75, 3.05) is 13.2 Å². The molecule has 0 aliphatic carbocycles. The molecule has 3 heteroatoms. The summed E-state index contributed by atoms with van der Waals surface area (Å²) in [7, 11) is 0. The van der Waals surface area contributed by atoms with Crippen LogP contribution in [0.15, 0.2) is 24.3 Å². The second-order valence-electron chi connectivity index (χ2n) is 4.49. The SMILES string of the molecule is CC1CCC(COc2cccc(C#CCN)c2)O1. The monoisotopic (exact) mass is 245 g/mol. The van der Waals surface area contributed by atoms with Gasteiger partial charge >= 0.3 is 0 Å². The van der Waals surface area contributed by atoms with Crippen LogP contribution >= 0.6 is 0 Å². The Morgan fingerprint density at radius 3 is 3.06 bits per heavy atom. The average molecular weight is 245 g/mol. The van der Waals surface area contributed by atoms with E-state index in [9.17, 15) is 0 Å². The molecule has 3 nitrogen and oxygen atoms in total. The summed E-state index contributed by atoms with van der Waals surface area (Å²) in [5.41, 5.74) is 6.28. The van der Waals surface area contributed by atoms with Gasteiger partial charge in [-0.1, -0.05) is 17.9 Å². The summed E-state index contributed by atoms with van der Waals surface area (Å²) in [6, 6.07) is 7.75. The molecule has 2 rings (SSSR count). The molecule has 1 fully saturated rings. The highest BCUT2D eigenvalue weighted by Crippen LogP contribution is 2.20. The van der Waals surface area contributed by atoms with Gasteiger partial charge in [0.25, 0.3) is 0 Å².